The number of aromatic hydroxyl groups is 2. The topological polar surface area (TPSA) is 173 Å². The van der Waals surface area contributed by atoms with Gasteiger partial charge < -0.3 is 26.2 Å². The predicted octanol–water partition coefficient (Wildman–Crippen LogP) is -1.96. The molecule has 1 saturated heterocycles. The van der Waals surface area contributed by atoms with Gasteiger partial charge in [-0.1, -0.05) is 0 Å². The van der Waals surface area contributed by atoms with Crippen molar-refractivity contribution < 1.29 is 34.8 Å². The molecule has 2 aliphatic rings. The first kappa shape index (κ1) is 15.1. The molecule has 0 bridgehead atoms. The van der Waals surface area contributed by atoms with E-state index >= 15 is 0 Å². The molecule has 0 aromatic heterocycles. The highest BCUT2D eigenvalue weighted by Gasteiger charge is 2.56. The minimum atomic E-state index is -3.02. The van der Waals surface area contributed by atoms with Crippen LogP contribution in [0.15, 0.2) is 6.07 Å². The van der Waals surface area contributed by atoms with E-state index in [9.17, 15) is 34.8 Å². The molecule has 2 heterocycles. The number of nitrogens with zero attached hydrogens (tertiary/aromatic N) is 1. The van der Waals surface area contributed by atoms with Crippen LogP contribution in [0.2, 0.25) is 0 Å². The van der Waals surface area contributed by atoms with Crippen molar-refractivity contribution in [1.29, 1.82) is 0 Å². The number of nitrogens with two attached hydrogens (primary N) is 1. The molecule has 10 heteroatoms. The number of piperidine rings is 1. The van der Waals surface area contributed by atoms with Gasteiger partial charge in [0.15, 0.2) is 0 Å². The molecule has 1 atom stereocenters. The molecule has 0 saturated carbocycles. The monoisotopic (exact) mass is 323 g/mol. The summed E-state index contributed by atoms with van der Waals surface area (Å²) in [6, 6.07) is -0.556. The second kappa shape index (κ2) is 4.57. The van der Waals surface area contributed by atoms with Gasteiger partial charge in [0.05, 0.1) is 16.8 Å². The fourth-order valence-corrected chi connectivity index (χ4v) is 2.90. The summed E-state index contributed by atoms with van der Waals surface area (Å²) in [5, 5.41) is 42.1. The van der Waals surface area contributed by atoms with Gasteiger partial charge in [-0.05, 0) is 6.42 Å². The molecule has 1 unspecified atom stereocenters. The van der Waals surface area contributed by atoms with Crippen LogP contribution in [0.3, 0.4) is 0 Å². The van der Waals surface area contributed by atoms with Crippen LogP contribution in [0, 0.1) is 0 Å². The highest BCUT2D eigenvalue weighted by molar-refractivity contribution is 6.08. The van der Waals surface area contributed by atoms with Crippen LogP contribution in [0.1, 0.15) is 28.8 Å². The number of carbonyl (C=O) groups is 3. The molecule has 0 spiro atoms. The quantitative estimate of drug-likeness (QED) is 0.113. The van der Waals surface area contributed by atoms with Gasteiger partial charge in [-0.2, -0.15) is 0 Å². The zero-order valence-electron chi connectivity index (χ0n) is 11.6. The SMILES string of the molecule is Nc1c(O)cc(O)c2c1C(O)(O)N(C1CCC(=O)NC1=O)C2=O. The van der Waals surface area contributed by atoms with Crippen LogP contribution in [0.4, 0.5) is 5.69 Å². The summed E-state index contributed by atoms with van der Waals surface area (Å²) in [5.41, 5.74) is 3.94. The number of benzene rings is 1. The normalized spacial score (nSPS) is 23.0. The summed E-state index contributed by atoms with van der Waals surface area (Å²) in [4.78, 5) is 36.0. The van der Waals surface area contributed by atoms with Crippen molar-refractivity contribution in [3.8, 4) is 11.5 Å². The molecular formula is C13H13N3O7. The van der Waals surface area contributed by atoms with E-state index in [0.29, 0.717) is 4.90 Å². The van der Waals surface area contributed by atoms with Crippen LogP contribution >= 0.6 is 0 Å². The number of amides is 3. The third-order valence-corrected chi connectivity index (χ3v) is 3.95. The molecule has 0 radical (unpaired) electrons. The molecule has 0 aliphatic carbocycles. The number of fused-ring (bicyclic) bond motifs is 1. The number of nitrogen functional groups attached to an aromatic ring is 1. The van der Waals surface area contributed by atoms with Crippen LogP contribution < -0.4 is 11.1 Å². The summed E-state index contributed by atoms with van der Waals surface area (Å²) < 4.78 is 0. The van der Waals surface area contributed by atoms with Gasteiger partial charge in [0.25, 0.3) is 11.8 Å². The van der Waals surface area contributed by atoms with Gasteiger partial charge in [-0.3, -0.25) is 24.6 Å². The number of hydrogen-bond donors (Lipinski definition) is 6. The Kier molecular flexibility index (Phi) is 2.99. The van der Waals surface area contributed by atoms with Crippen LogP contribution in [0.25, 0.3) is 0 Å². The van der Waals surface area contributed by atoms with Crippen molar-refractivity contribution in [1.82, 2.24) is 10.2 Å². The van der Waals surface area contributed by atoms with E-state index in [2.05, 4.69) is 0 Å². The molecule has 1 fully saturated rings. The fraction of sp³-hybridized carbons (Fsp3) is 0.308. The van der Waals surface area contributed by atoms with E-state index < -0.39 is 58.0 Å². The van der Waals surface area contributed by atoms with Crippen LogP contribution in [-0.2, 0) is 15.5 Å². The number of imide groups is 1. The van der Waals surface area contributed by atoms with Crippen molar-refractivity contribution >= 4 is 23.4 Å². The number of anilines is 1. The van der Waals surface area contributed by atoms with Crippen molar-refractivity contribution in [2.45, 2.75) is 24.8 Å². The van der Waals surface area contributed by atoms with Crippen molar-refractivity contribution in [2.24, 2.45) is 0 Å². The van der Waals surface area contributed by atoms with E-state index in [0.717, 1.165) is 6.07 Å². The standard InChI is InChI=1S/C13H13N3O7/c14-10-6(18)3-5(17)8-9(10)13(22,23)16(12(8)21)4-1-2-7(19)15-11(4)20/h3-4,17-18,22-23H,1-2,14H2,(H,15,19,20). The van der Waals surface area contributed by atoms with Gasteiger partial charge >= 0.3 is 0 Å². The fourth-order valence-electron chi connectivity index (χ4n) is 2.90. The summed E-state index contributed by atoms with van der Waals surface area (Å²) in [7, 11) is 0. The average molecular weight is 323 g/mol. The molecule has 3 rings (SSSR count). The number of nitrogens with one attached hydrogen (secondary N) is 1. The van der Waals surface area contributed by atoms with Crippen LogP contribution in [0.5, 0.6) is 11.5 Å². The molecule has 10 nitrogen and oxygen atoms in total. The lowest BCUT2D eigenvalue weighted by atomic mass is 10.0. The smallest absolute Gasteiger partial charge is 0.281 e. The first-order chi connectivity index (χ1) is 10.7. The molecule has 2 aliphatic heterocycles. The van der Waals surface area contributed by atoms with Gasteiger partial charge in [0.2, 0.25) is 11.8 Å². The van der Waals surface area contributed by atoms with E-state index in [1.165, 1.54) is 0 Å². The third kappa shape index (κ3) is 1.92. The summed E-state index contributed by atoms with van der Waals surface area (Å²) in [5.74, 6) is -6.85. The zero-order chi connectivity index (χ0) is 17.1. The minimum absolute atomic E-state index is 0.0979. The van der Waals surface area contributed by atoms with Crippen molar-refractivity contribution in [2.75, 3.05) is 5.73 Å². The number of phenolic OH excluding ortho intramolecular Hbond substituents is 2. The second-order valence-electron chi connectivity index (χ2n) is 5.36. The Morgan fingerprint density at radius 3 is 2.48 bits per heavy atom. The van der Waals surface area contributed by atoms with E-state index in [4.69, 9.17) is 5.73 Å². The summed E-state index contributed by atoms with van der Waals surface area (Å²) in [6.07, 6.45) is -0.223. The zero-order valence-corrected chi connectivity index (χ0v) is 11.6. The van der Waals surface area contributed by atoms with E-state index in [1.54, 1.807) is 0 Å². The number of aliphatic hydroxyl groups is 2. The van der Waals surface area contributed by atoms with Gasteiger partial charge in [-0.25, -0.2) is 0 Å². The van der Waals surface area contributed by atoms with Gasteiger partial charge in [0.1, 0.15) is 17.5 Å². The first-order valence-electron chi connectivity index (χ1n) is 6.63. The molecule has 3 amide bonds. The summed E-state index contributed by atoms with van der Waals surface area (Å²) >= 11 is 0. The molecule has 7 N–H and O–H groups in total. The molecule has 122 valence electrons. The largest absolute Gasteiger partial charge is 0.507 e. The van der Waals surface area contributed by atoms with Gasteiger partial charge in [-0.15, -0.1) is 0 Å². The lowest BCUT2D eigenvalue weighted by molar-refractivity contribution is -0.258. The number of rotatable bonds is 1. The molecule has 1 aromatic carbocycles. The maximum absolute atomic E-state index is 12.5. The Labute approximate surface area is 128 Å². The lowest BCUT2D eigenvalue weighted by Crippen LogP contribution is -2.58. The van der Waals surface area contributed by atoms with E-state index in [-0.39, 0.29) is 12.8 Å². The minimum Gasteiger partial charge on any atom is -0.507 e. The molecule has 23 heavy (non-hydrogen) atoms. The van der Waals surface area contributed by atoms with Crippen LogP contribution in [-0.4, -0.2) is 49.1 Å². The number of phenols is 2. The Balaban J connectivity index is 2.14. The Morgan fingerprint density at radius 1 is 1.22 bits per heavy atom. The Morgan fingerprint density at radius 2 is 1.87 bits per heavy atom. The Hall–Kier alpha value is -2.85. The number of hydrogen-bond acceptors (Lipinski definition) is 8. The maximum atomic E-state index is 12.5. The summed E-state index contributed by atoms with van der Waals surface area (Å²) in [6.45, 7) is 0. The highest BCUT2D eigenvalue weighted by Crippen LogP contribution is 2.47. The Bertz CT molecular complexity index is 758. The molecule has 1 aromatic rings. The first-order valence-corrected chi connectivity index (χ1v) is 6.63. The number of carbonyl (C=O) groups excluding carboxylic acids is 3. The van der Waals surface area contributed by atoms with E-state index in [1.807, 2.05) is 5.32 Å². The predicted molar refractivity (Wildman–Crippen MR) is 72.6 cm³/mol. The third-order valence-electron chi connectivity index (χ3n) is 3.95. The second-order valence-corrected chi connectivity index (χ2v) is 5.36. The maximum Gasteiger partial charge on any atom is 0.281 e. The van der Waals surface area contributed by atoms with Gasteiger partial charge in [0, 0.05) is 12.5 Å². The van der Waals surface area contributed by atoms with Crippen molar-refractivity contribution in [3.63, 3.8) is 0 Å². The highest BCUT2D eigenvalue weighted by atomic mass is 16.5. The molecular weight excluding hydrogens is 310 g/mol. The average Bonchev–Trinajstić information content (AvgIpc) is 2.64. The lowest BCUT2D eigenvalue weighted by Gasteiger charge is -2.36. The van der Waals surface area contributed by atoms with Crippen molar-refractivity contribution in [3.05, 3.63) is 17.2 Å².